The molecule has 0 bridgehead atoms. The van der Waals surface area contributed by atoms with Crippen LogP contribution in [0, 0.1) is 0 Å². The fourth-order valence-electron chi connectivity index (χ4n) is 2.99. The van der Waals surface area contributed by atoms with Crippen molar-refractivity contribution in [1.82, 2.24) is 9.88 Å². The number of pyridine rings is 1. The first-order valence-corrected chi connectivity index (χ1v) is 7.89. The summed E-state index contributed by atoms with van der Waals surface area (Å²) in [7, 11) is 0. The van der Waals surface area contributed by atoms with Crippen LogP contribution in [0.2, 0.25) is 0 Å². The molecule has 6 heteroatoms. The molecule has 1 fully saturated rings. The van der Waals surface area contributed by atoms with E-state index in [1.165, 1.54) is 0 Å². The first-order valence-electron chi connectivity index (χ1n) is 7.89. The highest BCUT2D eigenvalue weighted by Crippen LogP contribution is 2.23. The molecular weight excluding hydrogens is 303 g/mol. The van der Waals surface area contributed by atoms with Crippen LogP contribution in [0.1, 0.15) is 19.3 Å². The molecule has 2 heterocycles. The standard InChI is InChI=1S/C17H20F3N3/c18-17(19,20)6-10-23-8-4-15(5-9-23)22-16-2-1-14-12-21-7-3-13(14)11-16/h1-3,7,11-12,15,22H,4-6,8-10H2. The van der Waals surface area contributed by atoms with E-state index >= 15 is 0 Å². The molecule has 1 aromatic heterocycles. The third kappa shape index (κ3) is 4.58. The van der Waals surface area contributed by atoms with Gasteiger partial charge in [0.2, 0.25) is 0 Å². The molecule has 0 radical (unpaired) electrons. The smallest absolute Gasteiger partial charge is 0.382 e. The number of nitrogens with one attached hydrogen (secondary N) is 1. The number of anilines is 1. The van der Waals surface area contributed by atoms with Gasteiger partial charge in [0, 0.05) is 49.1 Å². The molecule has 1 aromatic carbocycles. The minimum Gasteiger partial charge on any atom is -0.382 e. The lowest BCUT2D eigenvalue weighted by Gasteiger charge is -2.33. The summed E-state index contributed by atoms with van der Waals surface area (Å²) >= 11 is 0. The molecule has 0 aliphatic carbocycles. The number of alkyl halides is 3. The van der Waals surface area contributed by atoms with Crippen molar-refractivity contribution in [3.05, 3.63) is 36.7 Å². The van der Waals surface area contributed by atoms with Gasteiger partial charge in [0.15, 0.2) is 0 Å². The maximum atomic E-state index is 12.3. The highest BCUT2D eigenvalue weighted by atomic mass is 19.4. The minimum absolute atomic E-state index is 0.110. The molecule has 0 spiro atoms. The number of nitrogens with zero attached hydrogens (tertiary/aromatic N) is 2. The summed E-state index contributed by atoms with van der Waals surface area (Å²) in [5.41, 5.74) is 1.05. The van der Waals surface area contributed by atoms with Crippen LogP contribution >= 0.6 is 0 Å². The summed E-state index contributed by atoms with van der Waals surface area (Å²) in [4.78, 5) is 6.00. The van der Waals surface area contributed by atoms with E-state index in [0.29, 0.717) is 19.1 Å². The number of aromatic nitrogens is 1. The molecule has 2 aromatic rings. The summed E-state index contributed by atoms with van der Waals surface area (Å²) in [6.45, 7) is 1.54. The zero-order valence-electron chi connectivity index (χ0n) is 12.8. The average molecular weight is 323 g/mol. The third-order valence-corrected chi connectivity index (χ3v) is 4.31. The Balaban J connectivity index is 1.51. The molecule has 124 valence electrons. The number of hydrogen-bond acceptors (Lipinski definition) is 3. The van der Waals surface area contributed by atoms with E-state index in [4.69, 9.17) is 0 Å². The van der Waals surface area contributed by atoms with Crippen LogP contribution in [0.15, 0.2) is 36.7 Å². The predicted octanol–water partition coefficient (Wildman–Crippen LogP) is 4.06. The van der Waals surface area contributed by atoms with Crippen LogP contribution in [0.3, 0.4) is 0 Å². The van der Waals surface area contributed by atoms with Crippen LogP contribution < -0.4 is 5.32 Å². The predicted molar refractivity (Wildman–Crippen MR) is 85.5 cm³/mol. The van der Waals surface area contributed by atoms with Gasteiger partial charge in [-0.3, -0.25) is 4.98 Å². The van der Waals surface area contributed by atoms with Crippen molar-refractivity contribution in [3.8, 4) is 0 Å². The van der Waals surface area contributed by atoms with Gasteiger partial charge in [-0.05, 0) is 36.4 Å². The Kier molecular flexibility index (Phi) is 4.71. The van der Waals surface area contributed by atoms with Gasteiger partial charge in [-0.25, -0.2) is 0 Å². The largest absolute Gasteiger partial charge is 0.390 e. The third-order valence-electron chi connectivity index (χ3n) is 4.31. The van der Waals surface area contributed by atoms with Crippen LogP contribution in [0.25, 0.3) is 10.8 Å². The van der Waals surface area contributed by atoms with Gasteiger partial charge < -0.3 is 10.2 Å². The molecule has 1 aliphatic rings. The number of halogens is 3. The summed E-state index contributed by atoms with van der Waals surface area (Å²) in [5.74, 6) is 0. The van der Waals surface area contributed by atoms with Crippen molar-refractivity contribution in [2.75, 3.05) is 25.0 Å². The lowest BCUT2D eigenvalue weighted by Crippen LogP contribution is -2.40. The fraction of sp³-hybridized carbons (Fsp3) is 0.471. The zero-order chi connectivity index (χ0) is 16.3. The quantitative estimate of drug-likeness (QED) is 0.919. The van der Waals surface area contributed by atoms with Crippen molar-refractivity contribution in [2.24, 2.45) is 0 Å². The maximum absolute atomic E-state index is 12.3. The average Bonchev–Trinajstić information content (AvgIpc) is 2.53. The second kappa shape index (κ2) is 6.74. The number of hydrogen-bond donors (Lipinski definition) is 1. The Morgan fingerprint density at radius 1 is 1.13 bits per heavy atom. The Morgan fingerprint density at radius 2 is 1.91 bits per heavy atom. The Labute approximate surface area is 133 Å². The molecule has 0 amide bonds. The van der Waals surface area contributed by atoms with E-state index in [9.17, 15) is 13.2 Å². The highest BCUT2D eigenvalue weighted by molar-refractivity contribution is 5.84. The molecular formula is C17H20F3N3. The monoisotopic (exact) mass is 323 g/mol. The van der Waals surface area contributed by atoms with E-state index in [2.05, 4.69) is 16.4 Å². The maximum Gasteiger partial charge on any atom is 0.390 e. The fourth-order valence-corrected chi connectivity index (χ4v) is 2.99. The lowest BCUT2D eigenvalue weighted by atomic mass is 10.0. The Morgan fingerprint density at radius 3 is 2.65 bits per heavy atom. The highest BCUT2D eigenvalue weighted by Gasteiger charge is 2.29. The van der Waals surface area contributed by atoms with Gasteiger partial charge in [0.05, 0.1) is 6.42 Å². The molecule has 3 rings (SSSR count). The minimum atomic E-state index is -4.06. The van der Waals surface area contributed by atoms with E-state index < -0.39 is 12.6 Å². The summed E-state index contributed by atoms with van der Waals surface area (Å²) in [5, 5.41) is 5.73. The number of benzene rings is 1. The van der Waals surface area contributed by atoms with Crippen LogP contribution in [0.4, 0.5) is 18.9 Å². The van der Waals surface area contributed by atoms with E-state index in [0.717, 1.165) is 29.3 Å². The second-order valence-electron chi connectivity index (χ2n) is 6.06. The summed E-state index contributed by atoms with van der Waals surface area (Å²) in [6, 6.07) is 8.44. The van der Waals surface area contributed by atoms with Crippen molar-refractivity contribution >= 4 is 16.5 Å². The number of rotatable bonds is 4. The van der Waals surface area contributed by atoms with Gasteiger partial charge in [-0.2, -0.15) is 13.2 Å². The molecule has 3 nitrogen and oxygen atoms in total. The normalized spacial score (nSPS) is 17.5. The van der Waals surface area contributed by atoms with Crippen molar-refractivity contribution < 1.29 is 13.2 Å². The molecule has 1 aliphatic heterocycles. The Hall–Kier alpha value is -1.82. The van der Waals surface area contributed by atoms with Gasteiger partial charge in [0.25, 0.3) is 0 Å². The van der Waals surface area contributed by atoms with Gasteiger partial charge in [-0.15, -0.1) is 0 Å². The summed E-state index contributed by atoms with van der Waals surface area (Å²) in [6.07, 6.45) is 0.556. The van der Waals surface area contributed by atoms with Gasteiger partial charge in [0.1, 0.15) is 0 Å². The number of likely N-dealkylation sites (tertiary alicyclic amines) is 1. The number of piperidine rings is 1. The van der Waals surface area contributed by atoms with Crippen molar-refractivity contribution in [3.63, 3.8) is 0 Å². The molecule has 0 atom stereocenters. The van der Waals surface area contributed by atoms with Gasteiger partial charge >= 0.3 is 6.18 Å². The molecule has 1 saturated heterocycles. The SMILES string of the molecule is FC(F)(F)CCN1CCC(Nc2ccc3cnccc3c2)CC1. The van der Waals surface area contributed by atoms with E-state index in [-0.39, 0.29) is 6.54 Å². The second-order valence-corrected chi connectivity index (χ2v) is 6.06. The van der Waals surface area contributed by atoms with Crippen LogP contribution in [-0.4, -0.2) is 41.7 Å². The van der Waals surface area contributed by atoms with Crippen molar-refractivity contribution in [2.45, 2.75) is 31.5 Å². The lowest BCUT2D eigenvalue weighted by molar-refractivity contribution is -0.138. The van der Waals surface area contributed by atoms with E-state index in [1.54, 1.807) is 6.20 Å². The molecule has 23 heavy (non-hydrogen) atoms. The molecule has 1 N–H and O–H groups in total. The Bertz CT molecular complexity index is 649. The van der Waals surface area contributed by atoms with Gasteiger partial charge in [-0.1, -0.05) is 6.07 Å². The van der Waals surface area contributed by atoms with Crippen molar-refractivity contribution in [1.29, 1.82) is 0 Å². The first kappa shape index (κ1) is 16.1. The van der Waals surface area contributed by atoms with E-state index in [1.807, 2.05) is 29.3 Å². The molecule has 0 unspecified atom stereocenters. The number of fused-ring (bicyclic) bond motifs is 1. The zero-order valence-corrected chi connectivity index (χ0v) is 12.8. The first-order chi connectivity index (χ1) is 11.0. The van der Waals surface area contributed by atoms with Crippen LogP contribution in [0.5, 0.6) is 0 Å². The molecule has 0 saturated carbocycles. The summed E-state index contributed by atoms with van der Waals surface area (Å²) < 4.78 is 36.8. The van der Waals surface area contributed by atoms with Crippen LogP contribution in [-0.2, 0) is 0 Å². The topological polar surface area (TPSA) is 28.2 Å².